The monoisotopic (exact) mass is 253 g/mol. The molecule has 5 heteroatoms. The van der Waals surface area contributed by atoms with Gasteiger partial charge in [-0.05, 0) is 24.6 Å². The van der Waals surface area contributed by atoms with E-state index < -0.39 is 0 Å². The molecule has 0 radical (unpaired) electrons. The van der Waals surface area contributed by atoms with E-state index in [-0.39, 0.29) is 24.4 Å². The first-order chi connectivity index (χ1) is 7.67. The normalized spacial score (nSPS) is 10.9. The number of nitriles is 1. The number of hydrogen-bond donors (Lipinski definition) is 2. The van der Waals surface area contributed by atoms with Crippen LogP contribution in [0.1, 0.15) is 18.1 Å². The first kappa shape index (κ1) is 15.4. The Hall–Kier alpha value is -1.57. The summed E-state index contributed by atoms with van der Waals surface area (Å²) in [7, 11) is 1.61. The second kappa shape index (κ2) is 7.66. The number of carbonyl (C=O) groups is 1. The molecule has 1 rings (SSSR count). The summed E-state index contributed by atoms with van der Waals surface area (Å²) in [6.45, 7) is 2.42. The largest absolute Gasteiger partial charge is 0.358 e. The number of amides is 1. The zero-order valence-electron chi connectivity index (χ0n) is 9.86. The number of benzene rings is 1. The molecule has 4 nitrogen and oxygen atoms in total. The Labute approximate surface area is 107 Å². The SMILES string of the molecule is CNC(=O)[C@@H](C)NCc1ccc(C#N)cc1.Cl. The van der Waals surface area contributed by atoms with Crippen LogP contribution in [-0.4, -0.2) is 19.0 Å². The smallest absolute Gasteiger partial charge is 0.236 e. The minimum Gasteiger partial charge on any atom is -0.358 e. The topological polar surface area (TPSA) is 64.9 Å². The molecule has 0 aromatic heterocycles. The van der Waals surface area contributed by atoms with Crippen molar-refractivity contribution < 1.29 is 4.79 Å². The number of likely N-dealkylation sites (N-methyl/N-ethyl adjacent to an activating group) is 1. The highest BCUT2D eigenvalue weighted by atomic mass is 35.5. The van der Waals surface area contributed by atoms with Crippen LogP contribution >= 0.6 is 12.4 Å². The minimum absolute atomic E-state index is 0. The van der Waals surface area contributed by atoms with Crippen molar-refractivity contribution in [3.05, 3.63) is 35.4 Å². The van der Waals surface area contributed by atoms with Gasteiger partial charge in [-0.1, -0.05) is 12.1 Å². The van der Waals surface area contributed by atoms with E-state index in [1.54, 1.807) is 19.2 Å². The van der Waals surface area contributed by atoms with E-state index in [9.17, 15) is 4.79 Å². The summed E-state index contributed by atoms with van der Waals surface area (Å²) in [6, 6.07) is 9.13. The van der Waals surface area contributed by atoms with Crippen LogP contribution in [0.3, 0.4) is 0 Å². The minimum atomic E-state index is -0.222. The third-order valence-electron chi connectivity index (χ3n) is 2.34. The van der Waals surface area contributed by atoms with Gasteiger partial charge in [0.15, 0.2) is 0 Å². The zero-order chi connectivity index (χ0) is 12.0. The van der Waals surface area contributed by atoms with Crippen molar-refractivity contribution >= 4 is 18.3 Å². The van der Waals surface area contributed by atoms with E-state index in [2.05, 4.69) is 16.7 Å². The Morgan fingerprint density at radius 2 is 2.00 bits per heavy atom. The van der Waals surface area contributed by atoms with Gasteiger partial charge in [-0.15, -0.1) is 12.4 Å². The molecule has 0 saturated carbocycles. The molecule has 0 aliphatic heterocycles. The molecule has 0 saturated heterocycles. The number of nitrogens with one attached hydrogen (secondary N) is 2. The van der Waals surface area contributed by atoms with Crippen LogP contribution < -0.4 is 10.6 Å². The van der Waals surface area contributed by atoms with E-state index in [0.29, 0.717) is 12.1 Å². The number of rotatable bonds is 4. The van der Waals surface area contributed by atoms with Gasteiger partial charge in [0.05, 0.1) is 17.7 Å². The fourth-order valence-electron chi connectivity index (χ4n) is 1.28. The third-order valence-corrected chi connectivity index (χ3v) is 2.34. The van der Waals surface area contributed by atoms with Crippen molar-refractivity contribution in [3.63, 3.8) is 0 Å². The summed E-state index contributed by atoms with van der Waals surface area (Å²) < 4.78 is 0. The van der Waals surface area contributed by atoms with Gasteiger partial charge in [0.1, 0.15) is 0 Å². The highest BCUT2D eigenvalue weighted by Crippen LogP contribution is 2.03. The highest BCUT2D eigenvalue weighted by Gasteiger charge is 2.09. The van der Waals surface area contributed by atoms with Crippen molar-refractivity contribution in [1.82, 2.24) is 10.6 Å². The first-order valence-electron chi connectivity index (χ1n) is 5.11. The Morgan fingerprint density at radius 3 is 2.47 bits per heavy atom. The standard InChI is InChI=1S/C12H15N3O.ClH/c1-9(12(16)14-2)15-8-11-5-3-10(7-13)4-6-11;/h3-6,9,15H,8H2,1-2H3,(H,14,16);1H/t9-;/m1./s1. The van der Waals surface area contributed by atoms with Gasteiger partial charge in [0, 0.05) is 13.6 Å². The summed E-state index contributed by atoms with van der Waals surface area (Å²) in [5, 5.41) is 14.3. The predicted molar refractivity (Wildman–Crippen MR) is 68.8 cm³/mol. The van der Waals surface area contributed by atoms with Crippen LogP contribution in [0.15, 0.2) is 24.3 Å². The number of nitrogens with zero attached hydrogens (tertiary/aromatic N) is 1. The van der Waals surface area contributed by atoms with Crippen LogP contribution in [0.2, 0.25) is 0 Å². The van der Waals surface area contributed by atoms with Crippen molar-refractivity contribution in [2.24, 2.45) is 0 Å². The second-order valence-corrected chi connectivity index (χ2v) is 3.53. The van der Waals surface area contributed by atoms with Crippen LogP contribution in [0.4, 0.5) is 0 Å². The fraction of sp³-hybridized carbons (Fsp3) is 0.333. The Bertz CT molecular complexity index is 397. The fourth-order valence-corrected chi connectivity index (χ4v) is 1.28. The molecule has 1 atom stereocenters. The molecule has 17 heavy (non-hydrogen) atoms. The van der Waals surface area contributed by atoms with Crippen LogP contribution in [0, 0.1) is 11.3 Å². The molecule has 1 amide bonds. The lowest BCUT2D eigenvalue weighted by molar-refractivity contribution is -0.122. The molecule has 1 aromatic carbocycles. The van der Waals surface area contributed by atoms with E-state index in [1.165, 1.54) is 0 Å². The first-order valence-corrected chi connectivity index (χ1v) is 5.11. The molecular weight excluding hydrogens is 238 g/mol. The summed E-state index contributed by atoms with van der Waals surface area (Å²) >= 11 is 0. The second-order valence-electron chi connectivity index (χ2n) is 3.53. The van der Waals surface area contributed by atoms with Gasteiger partial charge in [0.25, 0.3) is 0 Å². The Kier molecular flexibility index (Phi) is 6.95. The van der Waals surface area contributed by atoms with Crippen molar-refractivity contribution in [3.8, 4) is 6.07 Å². The lowest BCUT2D eigenvalue weighted by Gasteiger charge is -2.11. The Balaban J connectivity index is 0.00000256. The number of halogens is 1. The molecule has 0 aliphatic rings. The molecule has 0 heterocycles. The van der Waals surface area contributed by atoms with Crippen LogP contribution in [-0.2, 0) is 11.3 Å². The average Bonchev–Trinajstić information content (AvgIpc) is 2.35. The average molecular weight is 254 g/mol. The number of carbonyl (C=O) groups excluding carboxylic acids is 1. The molecule has 0 aliphatic carbocycles. The van der Waals surface area contributed by atoms with Crippen LogP contribution in [0.25, 0.3) is 0 Å². The van der Waals surface area contributed by atoms with E-state index >= 15 is 0 Å². The molecule has 0 bridgehead atoms. The summed E-state index contributed by atoms with van der Waals surface area (Å²) in [5.74, 6) is -0.0337. The van der Waals surface area contributed by atoms with Gasteiger partial charge in [0.2, 0.25) is 5.91 Å². The summed E-state index contributed by atoms with van der Waals surface area (Å²) in [5.41, 5.74) is 1.69. The van der Waals surface area contributed by atoms with E-state index in [4.69, 9.17) is 5.26 Å². The maximum Gasteiger partial charge on any atom is 0.236 e. The predicted octanol–water partition coefficient (Wildman–Crippen LogP) is 1.20. The van der Waals surface area contributed by atoms with Gasteiger partial charge < -0.3 is 10.6 Å². The molecule has 92 valence electrons. The van der Waals surface area contributed by atoms with Gasteiger partial charge >= 0.3 is 0 Å². The molecule has 1 aromatic rings. The van der Waals surface area contributed by atoms with Crippen molar-refractivity contribution in [2.75, 3.05) is 7.05 Å². The van der Waals surface area contributed by atoms with Crippen molar-refractivity contribution in [2.45, 2.75) is 19.5 Å². The molecule has 0 unspecified atom stereocenters. The maximum absolute atomic E-state index is 11.2. The molecular formula is C12H16ClN3O. The maximum atomic E-state index is 11.2. The van der Waals surface area contributed by atoms with Gasteiger partial charge in [-0.3, -0.25) is 4.79 Å². The Morgan fingerprint density at radius 1 is 1.41 bits per heavy atom. The number of hydrogen-bond acceptors (Lipinski definition) is 3. The highest BCUT2D eigenvalue weighted by molar-refractivity contribution is 5.85. The molecule has 0 spiro atoms. The van der Waals surface area contributed by atoms with E-state index in [0.717, 1.165) is 5.56 Å². The third kappa shape index (κ3) is 4.85. The summed E-state index contributed by atoms with van der Waals surface area (Å²) in [6.07, 6.45) is 0. The van der Waals surface area contributed by atoms with Gasteiger partial charge in [-0.2, -0.15) is 5.26 Å². The van der Waals surface area contributed by atoms with Crippen LogP contribution in [0.5, 0.6) is 0 Å². The quantitative estimate of drug-likeness (QED) is 0.848. The lowest BCUT2D eigenvalue weighted by Crippen LogP contribution is -2.40. The summed E-state index contributed by atoms with van der Waals surface area (Å²) in [4.78, 5) is 11.2. The van der Waals surface area contributed by atoms with Crippen molar-refractivity contribution in [1.29, 1.82) is 5.26 Å². The lowest BCUT2D eigenvalue weighted by atomic mass is 10.1. The molecule has 2 N–H and O–H groups in total. The van der Waals surface area contributed by atoms with Gasteiger partial charge in [-0.25, -0.2) is 0 Å². The zero-order valence-corrected chi connectivity index (χ0v) is 10.7. The van der Waals surface area contributed by atoms with E-state index in [1.807, 2.05) is 19.1 Å². The molecule has 0 fully saturated rings.